The van der Waals surface area contributed by atoms with Crippen LogP contribution in [0.1, 0.15) is 41.3 Å². The third-order valence-corrected chi connectivity index (χ3v) is 5.52. The molecule has 0 aliphatic carbocycles. The number of ether oxygens (including phenoxy) is 1. The highest BCUT2D eigenvalue weighted by molar-refractivity contribution is 6.07. The molecular weight excluding hydrogens is 406 g/mol. The summed E-state index contributed by atoms with van der Waals surface area (Å²) < 4.78 is 5.28. The number of anilines is 2. The van der Waals surface area contributed by atoms with E-state index in [1.54, 1.807) is 29.2 Å². The number of hydrogen-bond donors (Lipinski definition) is 2. The van der Waals surface area contributed by atoms with Crippen LogP contribution in [0.15, 0.2) is 42.5 Å². The Bertz CT molecular complexity index is 989. The van der Waals surface area contributed by atoms with Gasteiger partial charge in [-0.15, -0.1) is 0 Å². The van der Waals surface area contributed by atoms with E-state index < -0.39 is 5.92 Å². The fraction of sp³-hybridized carbons (Fsp3) is 0.400. The SMILES string of the molecule is CCOCCCNC(=O)c1ccccc1NC(=O)C1CC(=O)N(c2ccc(C)cc2C)C1. The molecule has 1 aliphatic heterocycles. The third-order valence-electron chi connectivity index (χ3n) is 5.52. The Hall–Kier alpha value is -3.19. The minimum Gasteiger partial charge on any atom is -0.382 e. The summed E-state index contributed by atoms with van der Waals surface area (Å²) in [7, 11) is 0. The Morgan fingerprint density at radius 3 is 2.69 bits per heavy atom. The Morgan fingerprint density at radius 1 is 1.16 bits per heavy atom. The van der Waals surface area contributed by atoms with Crippen molar-refractivity contribution in [2.24, 2.45) is 5.92 Å². The molecular formula is C25H31N3O4. The molecule has 1 aliphatic rings. The van der Waals surface area contributed by atoms with Gasteiger partial charge in [0.1, 0.15) is 0 Å². The largest absolute Gasteiger partial charge is 0.382 e. The van der Waals surface area contributed by atoms with Crippen molar-refractivity contribution in [1.82, 2.24) is 5.32 Å². The van der Waals surface area contributed by atoms with E-state index in [1.807, 2.05) is 39.0 Å². The minimum atomic E-state index is -0.481. The first-order valence-electron chi connectivity index (χ1n) is 11.0. The van der Waals surface area contributed by atoms with Crippen LogP contribution in [0.3, 0.4) is 0 Å². The molecule has 1 saturated heterocycles. The molecule has 2 aromatic rings. The van der Waals surface area contributed by atoms with Crippen molar-refractivity contribution in [3.63, 3.8) is 0 Å². The second kappa shape index (κ2) is 10.9. The molecule has 2 N–H and O–H groups in total. The first-order chi connectivity index (χ1) is 15.4. The maximum atomic E-state index is 12.9. The number of aryl methyl sites for hydroxylation is 2. The first-order valence-corrected chi connectivity index (χ1v) is 11.0. The highest BCUT2D eigenvalue weighted by atomic mass is 16.5. The summed E-state index contributed by atoms with van der Waals surface area (Å²) in [6, 6.07) is 12.8. The molecule has 1 heterocycles. The molecule has 0 aromatic heterocycles. The number of para-hydroxylation sites is 1. The number of benzene rings is 2. The molecule has 0 saturated carbocycles. The molecule has 0 radical (unpaired) electrons. The third kappa shape index (κ3) is 5.73. The fourth-order valence-electron chi connectivity index (χ4n) is 3.86. The second-order valence-corrected chi connectivity index (χ2v) is 8.04. The Balaban J connectivity index is 1.64. The van der Waals surface area contributed by atoms with Gasteiger partial charge in [-0.3, -0.25) is 14.4 Å². The Kier molecular flexibility index (Phi) is 8.00. The van der Waals surface area contributed by atoms with Gasteiger partial charge in [0.15, 0.2) is 0 Å². The first kappa shape index (κ1) is 23.5. The lowest BCUT2D eigenvalue weighted by molar-refractivity contribution is -0.122. The average molecular weight is 438 g/mol. The molecule has 170 valence electrons. The molecule has 1 unspecified atom stereocenters. The zero-order chi connectivity index (χ0) is 23.1. The Morgan fingerprint density at radius 2 is 1.94 bits per heavy atom. The van der Waals surface area contributed by atoms with Crippen LogP contribution in [0.25, 0.3) is 0 Å². The van der Waals surface area contributed by atoms with Gasteiger partial charge in [0.2, 0.25) is 11.8 Å². The van der Waals surface area contributed by atoms with Gasteiger partial charge in [0, 0.05) is 38.4 Å². The number of nitrogens with zero attached hydrogens (tertiary/aromatic N) is 1. The second-order valence-electron chi connectivity index (χ2n) is 8.04. The standard InChI is InChI=1S/C25H31N3O4/c1-4-32-13-7-12-26-25(31)20-8-5-6-9-21(20)27-24(30)19-15-23(29)28(16-19)22-11-10-17(2)14-18(22)3/h5-6,8-11,14,19H,4,7,12-13,15-16H2,1-3H3,(H,26,31)(H,27,30). The normalized spacial score (nSPS) is 15.7. The van der Waals surface area contributed by atoms with Gasteiger partial charge in [0.25, 0.3) is 5.91 Å². The summed E-state index contributed by atoms with van der Waals surface area (Å²) in [4.78, 5) is 39.8. The van der Waals surface area contributed by atoms with Gasteiger partial charge in [-0.05, 0) is 51.0 Å². The summed E-state index contributed by atoms with van der Waals surface area (Å²) in [5.74, 6) is -1.07. The van der Waals surface area contributed by atoms with E-state index in [2.05, 4.69) is 10.6 Å². The van der Waals surface area contributed by atoms with Crippen LogP contribution in [0.5, 0.6) is 0 Å². The summed E-state index contributed by atoms with van der Waals surface area (Å²) in [6.45, 7) is 7.94. The number of carbonyl (C=O) groups is 3. The van der Waals surface area contributed by atoms with Crippen LogP contribution in [-0.4, -0.2) is 44.0 Å². The van der Waals surface area contributed by atoms with E-state index in [-0.39, 0.29) is 24.1 Å². The predicted molar refractivity (Wildman–Crippen MR) is 125 cm³/mol. The maximum Gasteiger partial charge on any atom is 0.253 e. The topological polar surface area (TPSA) is 87.7 Å². The van der Waals surface area contributed by atoms with E-state index >= 15 is 0 Å². The zero-order valence-electron chi connectivity index (χ0n) is 18.9. The van der Waals surface area contributed by atoms with Crippen molar-refractivity contribution < 1.29 is 19.1 Å². The fourth-order valence-corrected chi connectivity index (χ4v) is 3.86. The van der Waals surface area contributed by atoms with E-state index in [0.29, 0.717) is 44.0 Å². The quantitative estimate of drug-likeness (QED) is 0.588. The van der Waals surface area contributed by atoms with Crippen LogP contribution in [0, 0.1) is 19.8 Å². The van der Waals surface area contributed by atoms with E-state index in [0.717, 1.165) is 16.8 Å². The van der Waals surface area contributed by atoms with Gasteiger partial charge in [-0.2, -0.15) is 0 Å². The maximum absolute atomic E-state index is 12.9. The smallest absolute Gasteiger partial charge is 0.253 e. The van der Waals surface area contributed by atoms with Crippen LogP contribution >= 0.6 is 0 Å². The molecule has 1 fully saturated rings. The molecule has 3 amide bonds. The van der Waals surface area contributed by atoms with E-state index in [4.69, 9.17) is 4.74 Å². The molecule has 3 rings (SSSR count). The van der Waals surface area contributed by atoms with E-state index in [9.17, 15) is 14.4 Å². The van der Waals surface area contributed by atoms with Crippen LogP contribution in [0.4, 0.5) is 11.4 Å². The Labute approximate surface area is 189 Å². The van der Waals surface area contributed by atoms with Crippen LogP contribution < -0.4 is 15.5 Å². The number of rotatable bonds is 9. The lowest BCUT2D eigenvalue weighted by Gasteiger charge is -2.19. The average Bonchev–Trinajstić information content (AvgIpc) is 3.15. The molecule has 0 bridgehead atoms. The van der Waals surface area contributed by atoms with Crippen molar-refractivity contribution in [2.45, 2.75) is 33.6 Å². The summed E-state index contributed by atoms with van der Waals surface area (Å²) in [5, 5.41) is 5.71. The van der Waals surface area contributed by atoms with Gasteiger partial charge in [-0.25, -0.2) is 0 Å². The lowest BCUT2D eigenvalue weighted by Crippen LogP contribution is -2.30. The predicted octanol–water partition coefficient (Wildman–Crippen LogP) is 3.45. The summed E-state index contributed by atoms with van der Waals surface area (Å²) >= 11 is 0. The minimum absolute atomic E-state index is 0.0718. The number of amides is 3. The summed E-state index contributed by atoms with van der Waals surface area (Å²) in [5.41, 5.74) is 3.80. The monoisotopic (exact) mass is 437 g/mol. The van der Waals surface area contributed by atoms with E-state index in [1.165, 1.54) is 0 Å². The molecule has 7 heteroatoms. The van der Waals surface area contributed by atoms with Crippen molar-refractivity contribution in [3.05, 3.63) is 59.2 Å². The number of hydrogen-bond acceptors (Lipinski definition) is 4. The highest BCUT2D eigenvalue weighted by Crippen LogP contribution is 2.29. The van der Waals surface area contributed by atoms with Crippen LogP contribution in [0.2, 0.25) is 0 Å². The van der Waals surface area contributed by atoms with Gasteiger partial charge >= 0.3 is 0 Å². The lowest BCUT2D eigenvalue weighted by atomic mass is 10.1. The van der Waals surface area contributed by atoms with Gasteiger partial charge in [-0.1, -0.05) is 29.8 Å². The molecule has 1 atom stereocenters. The van der Waals surface area contributed by atoms with Crippen LogP contribution in [-0.2, 0) is 14.3 Å². The van der Waals surface area contributed by atoms with Gasteiger partial charge < -0.3 is 20.3 Å². The molecule has 7 nitrogen and oxygen atoms in total. The highest BCUT2D eigenvalue weighted by Gasteiger charge is 2.36. The van der Waals surface area contributed by atoms with Crippen molar-refractivity contribution in [1.29, 1.82) is 0 Å². The zero-order valence-corrected chi connectivity index (χ0v) is 18.9. The van der Waals surface area contributed by atoms with Crippen molar-refractivity contribution >= 4 is 29.1 Å². The number of carbonyl (C=O) groups excluding carboxylic acids is 3. The molecule has 0 spiro atoms. The summed E-state index contributed by atoms with van der Waals surface area (Å²) in [6.07, 6.45) is 0.859. The molecule has 2 aromatic carbocycles. The number of nitrogens with one attached hydrogen (secondary N) is 2. The van der Waals surface area contributed by atoms with Gasteiger partial charge in [0.05, 0.1) is 17.2 Å². The van der Waals surface area contributed by atoms with Crippen molar-refractivity contribution in [2.75, 3.05) is 36.5 Å². The molecule has 32 heavy (non-hydrogen) atoms. The van der Waals surface area contributed by atoms with Crippen molar-refractivity contribution in [3.8, 4) is 0 Å².